The number of carbonyl (C=O) groups excluding carboxylic acids is 3. The van der Waals surface area contributed by atoms with E-state index in [9.17, 15) is 14.4 Å². The van der Waals surface area contributed by atoms with Gasteiger partial charge in [-0.25, -0.2) is 0 Å². The highest BCUT2D eigenvalue weighted by molar-refractivity contribution is 5.71. The van der Waals surface area contributed by atoms with Crippen LogP contribution in [0, 0.1) is 0 Å². The summed E-state index contributed by atoms with van der Waals surface area (Å²) in [6.45, 7) is 6.67. The molecular weight excluding hydrogens is 817 g/mol. The molecule has 388 valence electrons. The molecule has 6 nitrogen and oxygen atoms in total. The van der Waals surface area contributed by atoms with E-state index in [0.717, 1.165) is 57.8 Å². The van der Waals surface area contributed by atoms with Gasteiger partial charge < -0.3 is 14.2 Å². The number of ether oxygens (including phenoxy) is 3. The van der Waals surface area contributed by atoms with E-state index in [1.165, 1.54) is 225 Å². The molecule has 0 aromatic rings. The van der Waals surface area contributed by atoms with Crippen LogP contribution in [-0.2, 0) is 28.6 Å². The van der Waals surface area contributed by atoms with Crippen molar-refractivity contribution in [3.05, 3.63) is 24.3 Å². The molecule has 6 heteroatoms. The maximum atomic E-state index is 12.9. The van der Waals surface area contributed by atoms with E-state index in [1.807, 2.05) is 0 Å². The van der Waals surface area contributed by atoms with Crippen molar-refractivity contribution >= 4 is 17.9 Å². The lowest BCUT2D eigenvalue weighted by Gasteiger charge is -2.18. The number of esters is 3. The van der Waals surface area contributed by atoms with E-state index in [4.69, 9.17) is 14.2 Å². The first-order chi connectivity index (χ1) is 32.5. The molecule has 0 bridgehead atoms. The molecule has 0 saturated carbocycles. The fourth-order valence-electron chi connectivity index (χ4n) is 8.73. The van der Waals surface area contributed by atoms with Crippen molar-refractivity contribution < 1.29 is 28.6 Å². The van der Waals surface area contributed by atoms with Gasteiger partial charge in [0.2, 0.25) is 0 Å². The van der Waals surface area contributed by atoms with Crippen molar-refractivity contribution in [1.82, 2.24) is 0 Å². The molecule has 0 fully saturated rings. The first kappa shape index (κ1) is 63.9. The summed E-state index contributed by atoms with van der Waals surface area (Å²) in [5, 5.41) is 0. The van der Waals surface area contributed by atoms with Gasteiger partial charge in [-0.3, -0.25) is 14.4 Å². The van der Waals surface area contributed by atoms with Crippen LogP contribution < -0.4 is 0 Å². The molecule has 0 spiro atoms. The van der Waals surface area contributed by atoms with Crippen LogP contribution in [-0.4, -0.2) is 37.2 Å². The van der Waals surface area contributed by atoms with E-state index in [2.05, 4.69) is 45.1 Å². The SMILES string of the molecule is CCCCCCCC/C=C\CCCCCCCCCCCC(=O)O[C@H](COC(=O)CCCCCCCCC/C=C\CCCCCCCC)COC(=O)CCCCCCCCCCCCCC. The van der Waals surface area contributed by atoms with Gasteiger partial charge in [0.05, 0.1) is 0 Å². The Morgan fingerprint density at radius 1 is 0.288 bits per heavy atom. The smallest absolute Gasteiger partial charge is 0.306 e. The summed E-state index contributed by atoms with van der Waals surface area (Å²) < 4.78 is 16.9. The first-order valence-electron chi connectivity index (χ1n) is 29.3. The number of unbranched alkanes of at least 4 members (excludes halogenated alkanes) is 39. The summed E-state index contributed by atoms with van der Waals surface area (Å²) in [5.41, 5.74) is 0. The monoisotopic (exact) mass is 929 g/mol. The molecule has 0 aliphatic heterocycles. The summed E-state index contributed by atoms with van der Waals surface area (Å²) in [5.74, 6) is -0.856. The zero-order valence-electron chi connectivity index (χ0n) is 44.5. The van der Waals surface area contributed by atoms with Crippen molar-refractivity contribution in [2.24, 2.45) is 0 Å². The third-order valence-electron chi connectivity index (χ3n) is 13.2. The fraction of sp³-hybridized carbons (Fsp3) is 0.883. The maximum absolute atomic E-state index is 12.9. The van der Waals surface area contributed by atoms with E-state index >= 15 is 0 Å². The summed E-state index contributed by atoms with van der Waals surface area (Å²) in [4.78, 5) is 38.1. The van der Waals surface area contributed by atoms with Crippen molar-refractivity contribution in [3.63, 3.8) is 0 Å². The number of carbonyl (C=O) groups is 3. The molecule has 0 aliphatic rings. The molecule has 0 aromatic heterocycles. The van der Waals surface area contributed by atoms with Crippen LogP contribution in [0.25, 0.3) is 0 Å². The largest absolute Gasteiger partial charge is 0.462 e. The number of allylic oxidation sites excluding steroid dienone is 4. The molecule has 0 rings (SSSR count). The Labute approximate surface area is 411 Å². The Morgan fingerprint density at radius 3 is 0.758 bits per heavy atom. The minimum absolute atomic E-state index is 0.0689. The Hall–Kier alpha value is -2.11. The van der Waals surface area contributed by atoms with Crippen LogP contribution in [0.5, 0.6) is 0 Å². The average molecular weight is 930 g/mol. The lowest BCUT2D eigenvalue weighted by molar-refractivity contribution is -0.167. The number of hydrogen-bond donors (Lipinski definition) is 0. The molecule has 0 unspecified atom stereocenters. The Morgan fingerprint density at radius 2 is 0.500 bits per heavy atom. The predicted octanol–water partition coefficient (Wildman–Crippen LogP) is 19.5. The molecular formula is C60H112O6. The van der Waals surface area contributed by atoms with Crippen LogP contribution in [0.15, 0.2) is 24.3 Å². The number of hydrogen-bond acceptors (Lipinski definition) is 6. The molecule has 1 atom stereocenters. The van der Waals surface area contributed by atoms with Gasteiger partial charge in [-0.2, -0.15) is 0 Å². The first-order valence-corrected chi connectivity index (χ1v) is 29.3. The Bertz CT molecular complexity index is 1070. The van der Waals surface area contributed by atoms with Gasteiger partial charge >= 0.3 is 17.9 Å². The highest BCUT2D eigenvalue weighted by Crippen LogP contribution is 2.16. The van der Waals surface area contributed by atoms with Crippen LogP contribution in [0.1, 0.15) is 323 Å². The topological polar surface area (TPSA) is 78.9 Å². The predicted molar refractivity (Wildman–Crippen MR) is 284 cm³/mol. The van der Waals surface area contributed by atoms with Gasteiger partial charge in [0.25, 0.3) is 0 Å². The zero-order chi connectivity index (χ0) is 47.9. The van der Waals surface area contributed by atoms with Gasteiger partial charge in [-0.1, -0.05) is 257 Å². The van der Waals surface area contributed by atoms with Crippen molar-refractivity contribution in [3.8, 4) is 0 Å². The normalized spacial score (nSPS) is 12.1. The van der Waals surface area contributed by atoms with Crippen LogP contribution in [0.4, 0.5) is 0 Å². The van der Waals surface area contributed by atoms with E-state index < -0.39 is 6.10 Å². The van der Waals surface area contributed by atoms with Gasteiger partial charge in [0.15, 0.2) is 6.10 Å². The molecule has 0 radical (unpaired) electrons. The fourth-order valence-corrected chi connectivity index (χ4v) is 8.73. The second kappa shape index (κ2) is 55.5. The lowest BCUT2D eigenvalue weighted by Crippen LogP contribution is -2.30. The number of rotatable bonds is 54. The third kappa shape index (κ3) is 52.9. The highest BCUT2D eigenvalue weighted by atomic mass is 16.6. The zero-order valence-corrected chi connectivity index (χ0v) is 44.5. The van der Waals surface area contributed by atoms with Crippen molar-refractivity contribution in [2.75, 3.05) is 13.2 Å². The molecule has 0 saturated heterocycles. The van der Waals surface area contributed by atoms with Gasteiger partial charge in [0, 0.05) is 19.3 Å². The van der Waals surface area contributed by atoms with Crippen LogP contribution >= 0.6 is 0 Å². The molecule has 66 heavy (non-hydrogen) atoms. The van der Waals surface area contributed by atoms with Crippen molar-refractivity contribution in [1.29, 1.82) is 0 Å². The Balaban J connectivity index is 4.31. The third-order valence-corrected chi connectivity index (χ3v) is 13.2. The minimum atomic E-state index is -0.770. The van der Waals surface area contributed by atoms with Crippen LogP contribution in [0.3, 0.4) is 0 Å². The lowest BCUT2D eigenvalue weighted by atomic mass is 10.0. The summed E-state index contributed by atoms with van der Waals surface area (Å²) in [7, 11) is 0. The highest BCUT2D eigenvalue weighted by Gasteiger charge is 2.19. The maximum Gasteiger partial charge on any atom is 0.306 e. The minimum Gasteiger partial charge on any atom is -0.462 e. The van der Waals surface area contributed by atoms with Gasteiger partial charge in [0.1, 0.15) is 13.2 Å². The summed E-state index contributed by atoms with van der Waals surface area (Å²) >= 11 is 0. The van der Waals surface area contributed by atoms with Gasteiger partial charge in [-0.15, -0.1) is 0 Å². The molecule has 0 heterocycles. The second-order valence-corrected chi connectivity index (χ2v) is 19.9. The summed E-state index contributed by atoms with van der Waals surface area (Å²) in [6, 6.07) is 0. The Kier molecular flexibility index (Phi) is 53.7. The second-order valence-electron chi connectivity index (χ2n) is 19.9. The van der Waals surface area contributed by atoms with E-state index in [-0.39, 0.29) is 31.1 Å². The van der Waals surface area contributed by atoms with E-state index in [1.54, 1.807) is 0 Å². The molecule has 0 N–H and O–H groups in total. The van der Waals surface area contributed by atoms with Gasteiger partial charge in [-0.05, 0) is 70.6 Å². The molecule has 0 aliphatic carbocycles. The van der Waals surface area contributed by atoms with Crippen LogP contribution in [0.2, 0.25) is 0 Å². The molecule has 0 amide bonds. The standard InChI is InChI=1S/C60H112O6/c1-4-7-10-13-16-19-22-25-27-29-30-32-34-36-39-42-45-48-51-54-60(63)66-57(55-64-58(61)52-49-46-43-40-37-24-21-18-15-12-9-6-3)56-65-59(62)53-50-47-44-41-38-35-33-31-28-26-23-20-17-14-11-8-5-2/h25-28,57H,4-24,29-56H2,1-3H3/b27-25-,28-26-/t57-/m0/s1. The quantitative estimate of drug-likeness (QED) is 0.0262. The van der Waals surface area contributed by atoms with E-state index in [0.29, 0.717) is 19.3 Å². The summed E-state index contributed by atoms with van der Waals surface area (Å²) in [6.07, 6.45) is 64.5. The molecule has 0 aromatic carbocycles. The van der Waals surface area contributed by atoms with Crippen molar-refractivity contribution in [2.45, 2.75) is 329 Å². The average Bonchev–Trinajstić information content (AvgIpc) is 3.31.